The van der Waals surface area contributed by atoms with Crippen LogP contribution in [0.3, 0.4) is 0 Å². The quantitative estimate of drug-likeness (QED) is 0.761. The van der Waals surface area contributed by atoms with Gasteiger partial charge in [0.1, 0.15) is 0 Å². The van der Waals surface area contributed by atoms with Crippen molar-refractivity contribution in [1.29, 1.82) is 0 Å². The molecule has 0 spiro atoms. The lowest BCUT2D eigenvalue weighted by molar-refractivity contribution is -0.134. The second-order valence-electron chi connectivity index (χ2n) is 8.19. The van der Waals surface area contributed by atoms with E-state index in [1.165, 1.54) is 12.8 Å². The van der Waals surface area contributed by atoms with Crippen LogP contribution in [-0.4, -0.2) is 49.4 Å². The molecule has 2 amide bonds. The van der Waals surface area contributed by atoms with E-state index >= 15 is 0 Å². The molecule has 0 radical (unpaired) electrons. The summed E-state index contributed by atoms with van der Waals surface area (Å²) in [5.74, 6) is 1.74. The van der Waals surface area contributed by atoms with Crippen LogP contribution in [0, 0.1) is 17.8 Å². The summed E-state index contributed by atoms with van der Waals surface area (Å²) in [6, 6.07) is 9.31. The Morgan fingerprint density at radius 1 is 1.18 bits per heavy atom. The minimum atomic E-state index is -0.0291. The van der Waals surface area contributed by atoms with Gasteiger partial charge in [0.15, 0.2) is 0 Å². The fourth-order valence-electron chi connectivity index (χ4n) is 4.37. The summed E-state index contributed by atoms with van der Waals surface area (Å²) < 4.78 is 0. The summed E-state index contributed by atoms with van der Waals surface area (Å²) in [5.41, 5.74) is 0.692. The van der Waals surface area contributed by atoms with Crippen LogP contribution in [0.5, 0.6) is 0 Å². The number of amides is 2. The Hall–Kier alpha value is -1.59. The van der Waals surface area contributed by atoms with Crippen LogP contribution in [0.2, 0.25) is 0 Å². The van der Waals surface area contributed by atoms with Gasteiger partial charge in [0, 0.05) is 31.6 Å². The van der Waals surface area contributed by atoms with E-state index in [9.17, 15) is 9.59 Å². The maximum Gasteiger partial charge on any atom is 0.251 e. The van der Waals surface area contributed by atoms with Gasteiger partial charge in [0.25, 0.3) is 5.91 Å². The summed E-state index contributed by atoms with van der Waals surface area (Å²) in [6.07, 6.45) is 5.13. The zero-order valence-electron chi connectivity index (χ0n) is 16.9. The van der Waals surface area contributed by atoms with Gasteiger partial charge in [-0.2, -0.15) is 0 Å². The second-order valence-corrected chi connectivity index (χ2v) is 8.19. The summed E-state index contributed by atoms with van der Waals surface area (Å²) in [7, 11) is 0. The number of benzene rings is 1. The van der Waals surface area contributed by atoms with Crippen molar-refractivity contribution in [1.82, 2.24) is 15.5 Å². The molecule has 2 atom stereocenters. The van der Waals surface area contributed by atoms with Crippen LogP contribution in [0.1, 0.15) is 49.4 Å². The third-order valence-corrected chi connectivity index (χ3v) is 6.14. The van der Waals surface area contributed by atoms with Crippen molar-refractivity contribution < 1.29 is 9.59 Å². The van der Waals surface area contributed by atoms with E-state index < -0.39 is 0 Å². The van der Waals surface area contributed by atoms with Crippen LogP contribution in [0.25, 0.3) is 0 Å². The molecule has 2 N–H and O–H groups in total. The van der Waals surface area contributed by atoms with E-state index in [1.807, 2.05) is 35.2 Å². The van der Waals surface area contributed by atoms with Crippen molar-refractivity contribution in [3.05, 3.63) is 35.9 Å². The van der Waals surface area contributed by atoms with Crippen molar-refractivity contribution >= 4 is 24.2 Å². The van der Waals surface area contributed by atoms with Crippen LogP contribution >= 0.6 is 12.4 Å². The standard InChI is InChI=1S/C22H33N3O2.ClH/c1-17(19-9-11-23-12-10-19)14-21(26)25-13-5-6-18(16-25)15-24-22(27)20-7-3-2-4-8-20;/h2-4,7-8,17-19,23H,5-6,9-16H2,1H3,(H,24,27);1H. The van der Waals surface area contributed by atoms with Gasteiger partial charge in [0.2, 0.25) is 5.91 Å². The summed E-state index contributed by atoms with van der Waals surface area (Å²) in [5, 5.41) is 6.43. The Labute approximate surface area is 175 Å². The van der Waals surface area contributed by atoms with E-state index in [-0.39, 0.29) is 18.3 Å². The van der Waals surface area contributed by atoms with Crippen LogP contribution in [0.15, 0.2) is 30.3 Å². The molecule has 6 heteroatoms. The van der Waals surface area contributed by atoms with Gasteiger partial charge in [-0.05, 0) is 68.7 Å². The number of hydrogen-bond acceptors (Lipinski definition) is 3. The van der Waals surface area contributed by atoms with Gasteiger partial charge in [-0.3, -0.25) is 9.59 Å². The van der Waals surface area contributed by atoms with Gasteiger partial charge < -0.3 is 15.5 Å². The molecule has 2 aliphatic heterocycles. The maximum atomic E-state index is 12.8. The number of nitrogens with zero attached hydrogens (tertiary/aromatic N) is 1. The lowest BCUT2D eigenvalue weighted by Crippen LogP contribution is -2.44. The molecule has 156 valence electrons. The first kappa shape index (κ1) is 22.7. The Morgan fingerprint density at radius 3 is 2.61 bits per heavy atom. The number of carbonyl (C=O) groups excluding carboxylic acids is 2. The fourth-order valence-corrected chi connectivity index (χ4v) is 4.37. The summed E-state index contributed by atoms with van der Waals surface area (Å²) in [6.45, 7) is 6.66. The summed E-state index contributed by atoms with van der Waals surface area (Å²) >= 11 is 0. The van der Waals surface area contributed by atoms with Crippen LogP contribution < -0.4 is 10.6 Å². The maximum absolute atomic E-state index is 12.8. The normalized spacial score (nSPS) is 21.5. The Morgan fingerprint density at radius 2 is 1.89 bits per heavy atom. The SMILES string of the molecule is CC(CC(=O)N1CCCC(CNC(=O)c2ccccc2)C1)C1CCNCC1.Cl. The van der Waals surface area contributed by atoms with Crippen molar-refractivity contribution in [2.75, 3.05) is 32.7 Å². The molecular formula is C22H34ClN3O2. The Balaban J connectivity index is 0.00000280. The van der Waals surface area contributed by atoms with Crippen LogP contribution in [0.4, 0.5) is 0 Å². The highest BCUT2D eigenvalue weighted by Gasteiger charge is 2.27. The molecule has 0 bridgehead atoms. The van der Waals surface area contributed by atoms with Crippen molar-refractivity contribution in [3.63, 3.8) is 0 Å². The number of nitrogens with one attached hydrogen (secondary N) is 2. The fraction of sp³-hybridized carbons (Fsp3) is 0.636. The highest BCUT2D eigenvalue weighted by Crippen LogP contribution is 2.26. The van der Waals surface area contributed by atoms with E-state index in [0.717, 1.165) is 39.0 Å². The predicted octanol–water partition coefficient (Wildman–Crippen LogP) is 3.10. The average molecular weight is 408 g/mol. The molecule has 3 rings (SSSR count). The first-order chi connectivity index (χ1) is 13.1. The van der Waals surface area contributed by atoms with E-state index in [0.29, 0.717) is 42.2 Å². The topological polar surface area (TPSA) is 61.4 Å². The number of rotatable bonds is 6. The average Bonchev–Trinajstić information content (AvgIpc) is 2.73. The lowest BCUT2D eigenvalue weighted by Gasteiger charge is -2.35. The number of piperidine rings is 2. The number of halogens is 1. The first-order valence-electron chi connectivity index (χ1n) is 10.4. The number of carbonyl (C=O) groups is 2. The molecular weight excluding hydrogens is 374 g/mol. The zero-order valence-corrected chi connectivity index (χ0v) is 17.7. The zero-order chi connectivity index (χ0) is 19.1. The second kappa shape index (κ2) is 11.4. The number of hydrogen-bond donors (Lipinski definition) is 2. The largest absolute Gasteiger partial charge is 0.352 e. The number of likely N-dealkylation sites (tertiary alicyclic amines) is 1. The lowest BCUT2D eigenvalue weighted by atomic mass is 9.83. The van der Waals surface area contributed by atoms with Gasteiger partial charge in [-0.25, -0.2) is 0 Å². The highest BCUT2D eigenvalue weighted by molar-refractivity contribution is 5.94. The van der Waals surface area contributed by atoms with Gasteiger partial charge >= 0.3 is 0 Å². The molecule has 2 heterocycles. The van der Waals surface area contributed by atoms with E-state index in [2.05, 4.69) is 17.6 Å². The molecule has 2 unspecified atom stereocenters. The molecule has 2 aliphatic rings. The smallest absolute Gasteiger partial charge is 0.251 e. The predicted molar refractivity (Wildman–Crippen MR) is 115 cm³/mol. The minimum Gasteiger partial charge on any atom is -0.352 e. The third-order valence-electron chi connectivity index (χ3n) is 6.14. The van der Waals surface area contributed by atoms with Gasteiger partial charge in [0.05, 0.1) is 0 Å². The molecule has 2 saturated heterocycles. The van der Waals surface area contributed by atoms with Gasteiger partial charge in [-0.1, -0.05) is 25.1 Å². The van der Waals surface area contributed by atoms with Crippen molar-refractivity contribution in [2.24, 2.45) is 17.8 Å². The highest BCUT2D eigenvalue weighted by atomic mass is 35.5. The molecule has 0 saturated carbocycles. The monoisotopic (exact) mass is 407 g/mol. The van der Waals surface area contributed by atoms with Crippen molar-refractivity contribution in [2.45, 2.75) is 39.0 Å². The molecule has 0 aromatic heterocycles. The van der Waals surface area contributed by atoms with E-state index in [1.54, 1.807) is 0 Å². The molecule has 0 aliphatic carbocycles. The van der Waals surface area contributed by atoms with Crippen LogP contribution in [-0.2, 0) is 4.79 Å². The molecule has 2 fully saturated rings. The third kappa shape index (κ3) is 6.49. The Kier molecular flexibility index (Phi) is 9.26. The van der Waals surface area contributed by atoms with Crippen molar-refractivity contribution in [3.8, 4) is 0 Å². The Bertz CT molecular complexity index is 619. The molecule has 1 aromatic rings. The van der Waals surface area contributed by atoms with Gasteiger partial charge in [-0.15, -0.1) is 12.4 Å². The molecule has 1 aromatic carbocycles. The summed E-state index contributed by atoms with van der Waals surface area (Å²) in [4.78, 5) is 27.0. The minimum absolute atomic E-state index is 0. The van der Waals surface area contributed by atoms with E-state index in [4.69, 9.17) is 0 Å². The molecule has 28 heavy (non-hydrogen) atoms. The molecule has 5 nitrogen and oxygen atoms in total. The first-order valence-corrected chi connectivity index (χ1v) is 10.4.